The number of ether oxygens (including phenoxy) is 13. The van der Waals surface area contributed by atoms with E-state index in [-0.39, 0.29) is 6.42 Å². The van der Waals surface area contributed by atoms with E-state index in [2.05, 4.69) is 0 Å². The Hall–Kier alpha value is -1.24. The molecule has 31 heteroatoms. The first-order valence-corrected chi connectivity index (χ1v) is 23.2. The van der Waals surface area contributed by atoms with Crippen LogP contribution >= 0.6 is 0 Å². The molecule has 22 rings (SSSR count). The molecule has 0 aliphatic carbocycles. The van der Waals surface area contributed by atoms with Gasteiger partial charge in [0.2, 0.25) is 0 Å². The van der Waals surface area contributed by atoms with E-state index in [9.17, 15) is 91.9 Å². The van der Waals surface area contributed by atoms with Gasteiger partial charge in [-0.3, -0.25) is 0 Å². The van der Waals surface area contributed by atoms with Gasteiger partial charge in [0.05, 0.1) is 52.4 Å². The van der Waals surface area contributed by atoms with Crippen molar-refractivity contribution in [1.82, 2.24) is 0 Å². The lowest BCUT2D eigenvalue weighted by molar-refractivity contribution is -0.405. The molecule has 0 amide bonds. The van der Waals surface area contributed by atoms with Gasteiger partial charge < -0.3 is 153 Å². The quantitative estimate of drug-likeness (QED) is 0.0966. The van der Waals surface area contributed by atoms with Crippen molar-refractivity contribution < 1.29 is 153 Å². The van der Waals surface area contributed by atoms with E-state index in [0.29, 0.717) is 0 Å². The third-order valence-electron chi connectivity index (χ3n) is 13.6. The molecule has 22 fully saturated rings. The van der Waals surface area contributed by atoms with Crippen LogP contribution in [0.15, 0.2) is 0 Å². The highest BCUT2D eigenvalue weighted by molar-refractivity contribution is 5.01. The van der Waals surface area contributed by atoms with Crippen molar-refractivity contribution in [1.29, 1.82) is 0 Å². The summed E-state index contributed by atoms with van der Waals surface area (Å²) in [6, 6.07) is 0. The summed E-state index contributed by atoms with van der Waals surface area (Å²) in [6.45, 7) is -4.87. The molecular weight excluding hydrogens is 976 g/mol. The van der Waals surface area contributed by atoms with Crippen molar-refractivity contribution in [3.8, 4) is 0 Å². The van der Waals surface area contributed by atoms with Crippen LogP contribution in [0.25, 0.3) is 0 Å². The van der Waals surface area contributed by atoms with Gasteiger partial charge in [0.1, 0.15) is 146 Å². The maximum atomic E-state index is 11.7. The van der Waals surface area contributed by atoms with Gasteiger partial charge in [-0.2, -0.15) is 0 Å². The van der Waals surface area contributed by atoms with Crippen LogP contribution in [-0.4, -0.2) is 329 Å². The number of rotatable bonds is 10. The zero-order chi connectivity index (χ0) is 51.7. The van der Waals surface area contributed by atoms with Gasteiger partial charge in [-0.25, -0.2) is 0 Å². The monoisotopic (exact) mass is 1040 g/mol. The largest absolute Gasteiger partial charge is 0.394 e. The van der Waals surface area contributed by atoms with Crippen molar-refractivity contribution in [2.75, 3.05) is 46.2 Å². The summed E-state index contributed by atoms with van der Waals surface area (Å²) in [5.41, 5.74) is 0. The Morgan fingerprint density at radius 3 is 0.746 bits per heavy atom. The second-order valence-electron chi connectivity index (χ2n) is 18.2. The maximum Gasteiger partial charge on any atom is 0.187 e. The van der Waals surface area contributed by atoms with Gasteiger partial charge in [0.25, 0.3) is 0 Å². The lowest BCUT2D eigenvalue weighted by Gasteiger charge is -2.51. The number of aliphatic hydroxyl groups excluding tert-OH is 18. The Morgan fingerprint density at radius 1 is 0.310 bits per heavy atom. The molecule has 18 N–H and O–H groups in total. The fourth-order valence-corrected chi connectivity index (χ4v) is 9.44. The first-order chi connectivity index (χ1) is 33.9. The van der Waals surface area contributed by atoms with Crippen LogP contribution in [-0.2, 0) is 61.6 Å². The minimum Gasteiger partial charge on any atom is -0.394 e. The molecule has 22 aliphatic rings. The number of aliphatic hydroxyl groups is 18. The minimum absolute atomic E-state index is 0.141. The third kappa shape index (κ3) is 11.7. The van der Waals surface area contributed by atoms with Gasteiger partial charge in [-0.15, -0.1) is 0 Å². The van der Waals surface area contributed by atoms with Crippen LogP contribution < -0.4 is 0 Å². The molecule has 0 spiro atoms. The van der Waals surface area contributed by atoms with E-state index >= 15 is 0 Å². The van der Waals surface area contributed by atoms with Crippen LogP contribution in [0.5, 0.6) is 0 Å². The summed E-state index contributed by atoms with van der Waals surface area (Å²) < 4.78 is 75.0. The molecule has 0 saturated carbocycles. The van der Waals surface area contributed by atoms with E-state index in [4.69, 9.17) is 61.6 Å². The average molecular weight is 1040 g/mol. The molecule has 0 radical (unpaired) electrons. The van der Waals surface area contributed by atoms with Gasteiger partial charge >= 0.3 is 0 Å². The van der Waals surface area contributed by atoms with Crippen LogP contribution in [0.4, 0.5) is 0 Å². The first-order valence-electron chi connectivity index (χ1n) is 23.2. The molecule has 71 heavy (non-hydrogen) atoms. The Bertz CT molecular complexity index is 1610. The highest BCUT2D eigenvalue weighted by Crippen LogP contribution is 2.38. The molecule has 31 nitrogen and oxygen atoms in total. The Morgan fingerprint density at radius 2 is 0.521 bits per heavy atom. The predicted molar refractivity (Wildman–Crippen MR) is 216 cm³/mol. The van der Waals surface area contributed by atoms with E-state index in [1.807, 2.05) is 0 Å². The van der Waals surface area contributed by atoms with Crippen molar-refractivity contribution in [3.05, 3.63) is 0 Å². The van der Waals surface area contributed by atoms with Gasteiger partial charge in [0.15, 0.2) is 37.7 Å². The van der Waals surface area contributed by atoms with Crippen LogP contribution in [0, 0.1) is 0 Å². The molecule has 22 heterocycles. The summed E-state index contributed by atoms with van der Waals surface area (Å²) in [5.74, 6) is 0. The zero-order valence-electron chi connectivity index (χ0n) is 37.9. The third-order valence-corrected chi connectivity index (χ3v) is 13.6. The highest BCUT2D eigenvalue weighted by atomic mass is 16.8. The maximum absolute atomic E-state index is 11.7. The molecule has 0 aromatic rings. The van der Waals surface area contributed by atoms with Crippen molar-refractivity contribution in [2.45, 2.75) is 204 Å². The molecule has 22 aliphatic heterocycles. The topological polar surface area (TPSA) is 484 Å². The molecular formula is C40H68O31. The molecule has 414 valence electrons. The van der Waals surface area contributed by atoms with E-state index in [1.165, 1.54) is 0 Å². The first kappa shape index (κ1) is 57.5. The molecule has 31 atom stereocenters. The molecule has 12 bridgehead atoms. The van der Waals surface area contributed by atoms with Crippen molar-refractivity contribution >= 4 is 0 Å². The molecule has 0 aromatic heterocycles. The van der Waals surface area contributed by atoms with Crippen LogP contribution in [0.3, 0.4) is 0 Å². The number of hydrogen-bond donors (Lipinski definition) is 18. The van der Waals surface area contributed by atoms with E-state index in [1.54, 1.807) is 6.92 Å². The second kappa shape index (κ2) is 24.8. The Balaban J connectivity index is 1.22. The molecule has 1 unspecified atom stereocenters. The summed E-state index contributed by atoms with van der Waals surface area (Å²) in [5, 5.41) is 198. The summed E-state index contributed by atoms with van der Waals surface area (Å²) in [6.07, 6.45) is -58.9. The zero-order valence-corrected chi connectivity index (χ0v) is 37.9. The minimum atomic E-state index is -2.16. The van der Waals surface area contributed by atoms with Crippen LogP contribution in [0.1, 0.15) is 13.3 Å². The SMILES string of the molecule is CCC(O)CO[C@@H]1[C@@H](O)[C@H]2O[C@H]3[C@H](O)[C@@H](O)[C@@H](O[C@H]4[C@H](O)[C@@H](O)[C@@H](O[C@H]5[C@H](O)[C@@H](O)[C@@H](O[C@H]6[C@H](O)[C@@H](O)[C@@H](O[C@H]7[C@H](O)[C@@H](O)[C@@H](O[C@H]1[C@@H](CO)O2)O[C@@H]7CO)O[C@@H]6CO)O[C@@H]5CO)O[C@@H]4CO)O[C@@H]3CO. The molecule has 22 saturated heterocycles. The average Bonchev–Trinajstić information content (AvgIpc) is 3.36. The van der Waals surface area contributed by atoms with E-state index < -0.39 is 237 Å². The number of hydrogen-bond acceptors (Lipinski definition) is 31. The van der Waals surface area contributed by atoms with Gasteiger partial charge in [0, 0.05) is 0 Å². The fraction of sp³-hybridized carbons (Fsp3) is 1.00. The summed E-state index contributed by atoms with van der Waals surface area (Å²) >= 11 is 0. The van der Waals surface area contributed by atoms with Gasteiger partial charge in [-0.1, -0.05) is 6.92 Å². The lowest BCUT2D eigenvalue weighted by atomic mass is 9.94. The van der Waals surface area contributed by atoms with E-state index in [0.717, 1.165) is 0 Å². The predicted octanol–water partition coefficient (Wildman–Crippen LogP) is -12.3. The lowest BCUT2D eigenvalue weighted by Crippen LogP contribution is -2.69. The van der Waals surface area contributed by atoms with Crippen LogP contribution in [0.2, 0.25) is 0 Å². The highest BCUT2D eigenvalue weighted by Gasteiger charge is 2.59. The smallest absolute Gasteiger partial charge is 0.187 e. The Kier molecular flexibility index (Phi) is 20.1. The van der Waals surface area contributed by atoms with Gasteiger partial charge in [-0.05, 0) is 6.42 Å². The Labute approximate surface area is 403 Å². The second-order valence-corrected chi connectivity index (χ2v) is 18.2. The fourth-order valence-electron chi connectivity index (χ4n) is 9.44. The summed E-state index contributed by atoms with van der Waals surface area (Å²) in [4.78, 5) is 0. The van der Waals surface area contributed by atoms with Crippen molar-refractivity contribution in [2.24, 2.45) is 0 Å². The normalized spacial score (nSPS) is 52.8. The standard InChI is InChI=1S/C40H68O31/c1-2-10(47)9-59-34-27(58)40-65-16(8-46)33(34)71-39-26(57)21(52)31(14(6-44)64-39)69-37-24(55)19(50)29(12(4-42)62-37)67-35-22(53)17(48)28(11(3-41)60-35)66-36-23(54)18(49)30(13(5-43)61-36)68-38-25(56)20(51)32(70-40)15(7-45)63-38/h10-58H,2-9H2,1H3/t10?,11-,12-,13-,14-,15-,16-,17-,18-,19-,20-,21-,22-,23-,24-,25-,26-,27-,28-,29-,30-,31-,32-,33+,34-,35-,36-,37-,38-,39-,40-/m1/s1. The van der Waals surface area contributed by atoms with Crippen molar-refractivity contribution in [3.63, 3.8) is 0 Å². The molecule has 0 aromatic carbocycles. The summed E-state index contributed by atoms with van der Waals surface area (Å²) in [7, 11) is 0.